The largest absolute Gasteiger partial charge is 0.397 e. The molecule has 13 heavy (non-hydrogen) atoms. The van der Waals surface area contributed by atoms with Crippen molar-refractivity contribution in [3.8, 4) is 0 Å². The van der Waals surface area contributed by atoms with Crippen molar-refractivity contribution in [3.05, 3.63) is 12.3 Å². The lowest BCUT2D eigenvalue weighted by Crippen LogP contribution is -2.20. The minimum atomic E-state index is 0.625. The summed E-state index contributed by atoms with van der Waals surface area (Å²) in [5.74, 6) is 0.881. The quantitative estimate of drug-likeness (QED) is 0.669. The first kappa shape index (κ1) is 8.16. The summed E-state index contributed by atoms with van der Waals surface area (Å²) in [7, 11) is 0. The predicted molar refractivity (Wildman–Crippen MR) is 54.5 cm³/mol. The number of anilines is 3. The lowest BCUT2D eigenvalue weighted by atomic mass is 10.3. The second-order valence-electron chi connectivity index (χ2n) is 3.38. The Morgan fingerprint density at radius 2 is 1.92 bits per heavy atom. The van der Waals surface area contributed by atoms with E-state index in [-0.39, 0.29) is 0 Å². The molecule has 0 bridgehead atoms. The number of hydrogen-bond acceptors (Lipinski definition) is 4. The number of nitrogen functional groups attached to an aromatic ring is 2. The summed E-state index contributed by atoms with van der Waals surface area (Å²) < 4.78 is 0. The van der Waals surface area contributed by atoms with Gasteiger partial charge in [0.1, 0.15) is 0 Å². The van der Waals surface area contributed by atoms with E-state index >= 15 is 0 Å². The molecule has 0 aromatic carbocycles. The highest BCUT2D eigenvalue weighted by atomic mass is 15.2. The molecular weight excluding hydrogens is 164 g/mol. The Bertz CT molecular complexity index is 304. The Kier molecular flexibility index (Phi) is 1.96. The number of nitrogens with zero attached hydrogens (tertiary/aromatic N) is 2. The fraction of sp³-hybridized carbons (Fsp3) is 0.444. The Labute approximate surface area is 77.5 Å². The summed E-state index contributed by atoms with van der Waals surface area (Å²) in [6.07, 6.45) is 4.11. The number of pyridine rings is 1. The summed E-state index contributed by atoms with van der Waals surface area (Å²) in [4.78, 5) is 6.44. The molecule has 4 nitrogen and oxygen atoms in total. The van der Waals surface area contributed by atoms with Crippen LogP contribution in [0.25, 0.3) is 0 Å². The molecule has 0 atom stereocenters. The van der Waals surface area contributed by atoms with Crippen LogP contribution in [-0.4, -0.2) is 18.1 Å². The minimum absolute atomic E-state index is 0.625. The lowest BCUT2D eigenvalue weighted by Gasteiger charge is -2.17. The van der Waals surface area contributed by atoms with Crippen LogP contribution in [0.2, 0.25) is 0 Å². The molecular formula is C9H14N4. The zero-order chi connectivity index (χ0) is 9.26. The molecule has 1 aromatic rings. The van der Waals surface area contributed by atoms with E-state index < -0.39 is 0 Å². The van der Waals surface area contributed by atoms with Crippen LogP contribution in [0.15, 0.2) is 12.3 Å². The molecule has 0 unspecified atom stereocenters. The van der Waals surface area contributed by atoms with Gasteiger partial charge in [0.2, 0.25) is 0 Å². The first-order valence-electron chi connectivity index (χ1n) is 4.53. The molecule has 0 amide bonds. The number of nitrogens with two attached hydrogens (primary N) is 2. The van der Waals surface area contributed by atoms with Crippen molar-refractivity contribution in [3.63, 3.8) is 0 Å². The molecule has 2 heterocycles. The van der Waals surface area contributed by atoms with E-state index in [4.69, 9.17) is 11.5 Å². The molecule has 4 heteroatoms. The van der Waals surface area contributed by atoms with E-state index in [1.165, 1.54) is 12.8 Å². The standard InChI is InChI=1S/C9H14N4/c10-7-5-8(11)9(12-6-7)13-3-1-2-4-13/h5-6H,1-4,10-11H2. The maximum Gasteiger partial charge on any atom is 0.151 e. The Balaban J connectivity index is 2.29. The van der Waals surface area contributed by atoms with Crippen molar-refractivity contribution in [1.29, 1.82) is 0 Å². The molecule has 0 spiro atoms. The number of rotatable bonds is 1. The van der Waals surface area contributed by atoms with Crippen LogP contribution in [0.4, 0.5) is 17.2 Å². The normalized spacial score (nSPS) is 16.5. The SMILES string of the molecule is Nc1cnc(N2CCCC2)c(N)c1. The Morgan fingerprint density at radius 3 is 2.54 bits per heavy atom. The van der Waals surface area contributed by atoms with E-state index in [0.717, 1.165) is 18.9 Å². The van der Waals surface area contributed by atoms with Gasteiger partial charge in [-0.25, -0.2) is 4.98 Å². The van der Waals surface area contributed by atoms with Crippen molar-refractivity contribution >= 4 is 17.2 Å². The third-order valence-corrected chi connectivity index (χ3v) is 2.32. The van der Waals surface area contributed by atoms with Gasteiger partial charge in [0, 0.05) is 13.1 Å². The van der Waals surface area contributed by atoms with Crippen molar-refractivity contribution in [2.45, 2.75) is 12.8 Å². The molecule has 1 aromatic heterocycles. The Hall–Kier alpha value is -1.45. The second kappa shape index (κ2) is 3.12. The van der Waals surface area contributed by atoms with Crippen LogP contribution < -0.4 is 16.4 Å². The maximum atomic E-state index is 5.82. The topological polar surface area (TPSA) is 68.2 Å². The highest BCUT2D eigenvalue weighted by Gasteiger charge is 2.15. The first-order valence-corrected chi connectivity index (χ1v) is 4.53. The molecule has 4 N–H and O–H groups in total. The third-order valence-electron chi connectivity index (χ3n) is 2.32. The summed E-state index contributed by atoms with van der Waals surface area (Å²) in [5, 5.41) is 0. The van der Waals surface area contributed by atoms with Crippen molar-refractivity contribution in [2.75, 3.05) is 29.5 Å². The molecule has 1 aliphatic rings. The van der Waals surface area contributed by atoms with Crippen molar-refractivity contribution < 1.29 is 0 Å². The summed E-state index contributed by atoms with van der Waals surface area (Å²) in [6, 6.07) is 1.76. The molecule has 0 saturated carbocycles. The molecule has 1 fully saturated rings. The minimum Gasteiger partial charge on any atom is -0.397 e. The summed E-state index contributed by atoms with van der Waals surface area (Å²) in [6.45, 7) is 2.11. The van der Waals surface area contributed by atoms with Crippen LogP contribution in [-0.2, 0) is 0 Å². The smallest absolute Gasteiger partial charge is 0.151 e. The van der Waals surface area contributed by atoms with Gasteiger partial charge in [0.15, 0.2) is 5.82 Å². The third kappa shape index (κ3) is 1.52. The second-order valence-corrected chi connectivity index (χ2v) is 3.38. The molecule has 2 rings (SSSR count). The fourth-order valence-corrected chi connectivity index (χ4v) is 1.68. The van der Waals surface area contributed by atoms with Gasteiger partial charge in [-0.15, -0.1) is 0 Å². The van der Waals surface area contributed by atoms with Crippen LogP contribution in [0.1, 0.15) is 12.8 Å². The highest BCUT2D eigenvalue weighted by Crippen LogP contribution is 2.25. The van der Waals surface area contributed by atoms with Crippen LogP contribution in [0, 0.1) is 0 Å². The van der Waals surface area contributed by atoms with Crippen LogP contribution in [0.3, 0.4) is 0 Å². The van der Waals surface area contributed by atoms with Crippen molar-refractivity contribution in [2.24, 2.45) is 0 Å². The zero-order valence-electron chi connectivity index (χ0n) is 7.53. The molecule has 1 saturated heterocycles. The van der Waals surface area contributed by atoms with E-state index in [1.54, 1.807) is 12.3 Å². The Morgan fingerprint density at radius 1 is 1.23 bits per heavy atom. The van der Waals surface area contributed by atoms with Gasteiger partial charge >= 0.3 is 0 Å². The summed E-state index contributed by atoms with van der Waals surface area (Å²) in [5.41, 5.74) is 12.7. The highest BCUT2D eigenvalue weighted by molar-refractivity contribution is 5.67. The number of hydrogen-bond donors (Lipinski definition) is 2. The van der Waals surface area contributed by atoms with Gasteiger partial charge in [-0.2, -0.15) is 0 Å². The van der Waals surface area contributed by atoms with E-state index in [1.807, 2.05) is 0 Å². The van der Waals surface area contributed by atoms with Gasteiger partial charge in [-0.3, -0.25) is 0 Å². The molecule has 1 aliphatic heterocycles. The fourth-order valence-electron chi connectivity index (χ4n) is 1.68. The lowest BCUT2D eigenvalue weighted by molar-refractivity contribution is 0.941. The van der Waals surface area contributed by atoms with E-state index in [0.29, 0.717) is 11.4 Å². The molecule has 0 radical (unpaired) electrons. The zero-order valence-corrected chi connectivity index (χ0v) is 7.53. The average molecular weight is 178 g/mol. The van der Waals surface area contributed by atoms with Gasteiger partial charge in [0.25, 0.3) is 0 Å². The van der Waals surface area contributed by atoms with Gasteiger partial charge < -0.3 is 16.4 Å². The van der Waals surface area contributed by atoms with E-state index in [2.05, 4.69) is 9.88 Å². The summed E-state index contributed by atoms with van der Waals surface area (Å²) >= 11 is 0. The van der Waals surface area contributed by atoms with Gasteiger partial charge in [0.05, 0.1) is 17.6 Å². The van der Waals surface area contributed by atoms with E-state index in [9.17, 15) is 0 Å². The molecule has 70 valence electrons. The van der Waals surface area contributed by atoms with Crippen molar-refractivity contribution in [1.82, 2.24) is 4.98 Å². The first-order chi connectivity index (χ1) is 6.27. The average Bonchev–Trinajstić information content (AvgIpc) is 2.56. The van der Waals surface area contributed by atoms with Gasteiger partial charge in [-0.1, -0.05) is 0 Å². The predicted octanol–water partition coefficient (Wildman–Crippen LogP) is 0.846. The monoisotopic (exact) mass is 178 g/mol. The van der Waals surface area contributed by atoms with Crippen LogP contribution >= 0.6 is 0 Å². The van der Waals surface area contributed by atoms with Crippen LogP contribution in [0.5, 0.6) is 0 Å². The number of aromatic nitrogens is 1. The molecule has 0 aliphatic carbocycles. The van der Waals surface area contributed by atoms with Gasteiger partial charge in [-0.05, 0) is 18.9 Å². The maximum absolute atomic E-state index is 5.82.